The van der Waals surface area contributed by atoms with Gasteiger partial charge in [0.2, 0.25) is 0 Å². The van der Waals surface area contributed by atoms with Gasteiger partial charge in [-0.05, 0) is 45.1 Å². The Morgan fingerprint density at radius 1 is 1.21 bits per heavy atom. The summed E-state index contributed by atoms with van der Waals surface area (Å²) in [4.78, 5) is 26.8. The lowest BCUT2D eigenvalue weighted by molar-refractivity contribution is -0.152. The molecule has 6 heteroatoms. The molecule has 1 saturated carbocycles. The van der Waals surface area contributed by atoms with Crippen molar-refractivity contribution in [2.45, 2.75) is 63.6 Å². The molecule has 2 fully saturated rings. The van der Waals surface area contributed by atoms with Crippen LogP contribution in [0.25, 0.3) is 0 Å². The molecule has 0 radical (unpaired) electrons. The summed E-state index contributed by atoms with van der Waals surface area (Å²) in [5.41, 5.74) is -0.137. The van der Waals surface area contributed by atoms with Crippen molar-refractivity contribution in [1.29, 1.82) is 0 Å². The van der Waals surface area contributed by atoms with Crippen LogP contribution in [0, 0.1) is 5.92 Å². The zero-order chi connectivity index (χ0) is 20.8. The summed E-state index contributed by atoms with van der Waals surface area (Å²) in [5.74, 6) is -0.132. The Morgan fingerprint density at radius 2 is 1.83 bits per heavy atom. The van der Waals surface area contributed by atoms with Gasteiger partial charge in [0.25, 0.3) is 0 Å². The number of carbonyl (C=O) groups is 2. The summed E-state index contributed by atoms with van der Waals surface area (Å²) in [7, 11) is 0. The minimum absolute atomic E-state index is 0.0621. The normalized spacial score (nSPS) is 22.6. The Morgan fingerprint density at radius 3 is 2.38 bits per heavy atom. The van der Waals surface area contributed by atoms with Gasteiger partial charge >= 0.3 is 12.1 Å². The molecular formula is C23H29NO5. The van der Waals surface area contributed by atoms with Crippen molar-refractivity contribution in [3.63, 3.8) is 0 Å². The highest BCUT2D eigenvalue weighted by atomic mass is 16.6. The number of aliphatic hydroxyl groups is 1. The fourth-order valence-electron chi connectivity index (χ4n) is 4.38. The van der Waals surface area contributed by atoms with E-state index >= 15 is 0 Å². The number of rotatable bonds is 3. The first-order valence-electron chi connectivity index (χ1n) is 10.4. The quantitative estimate of drug-likeness (QED) is 0.766. The van der Waals surface area contributed by atoms with E-state index in [1.54, 1.807) is 4.90 Å². The van der Waals surface area contributed by atoms with Crippen LogP contribution in [0.3, 0.4) is 0 Å². The topological polar surface area (TPSA) is 76.1 Å². The number of piperidine rings is 1. The number of aliphatic hydroxyl groups excluding tert-OH is 1. The van der Waals surface area contributed by atoms with E-state index in [-0.39, 0.29) is 17.8 Å². The first-order chi connectivity index (χ1) is 13.7. The second kappa shape index (κ2) is 7.08. The summed E-state index contributed by atoms with van der Waals surface area (Å²) in [6.45, 7) is 6.24. The summed E-state index contributed by atoms with van der Waals surface area (Å²) in [6.07, 6.45) is 2.46. The molecule has 1 aromatic rings. The van der Waals surface area contributed by atoms with E-state index < -0.39 is 17.2 Å². The van der Waals surface area contributed by atoms with Crippen molar-refractivity contribution in [3.8, 4) is 0 Å². The Bertz CT molecular complexity index is 827. The molecule has 1 atom stereocenters. The molecule has 1 saturated heterocycles. The molecule has 6 nitrogen and oxygen atoms in total. The molecular weight excluding hydrogens is 370 g/mol. The second-order valence-corrected chi connectivity index (χ2v) is 9.34. The Hall–Kier alpha value is -2.50. The minimum atomic E-state index is -1.02. The lowest BCUT2D eigenvalue weighted by Gasteiger charge is -2.38. The molecule has 156 valence electrons. The molecule has 29 heavy (non-hydrogen) atoms. The van der Waals surface area contributed by atoms with Crippen LogP contribution in [0.2, 0.25) is 0 Å². The highest BCUT2D eigenvalue weighted by Crippen LogP contribution is 2.52. The molecule has 1 aromatic carbocycles. The average Bonchev–Trinajstić information content (AvgIpc) is 3.46. The number of hydrogen-bond donors (Lipinski definition) is 1. The fourth-order valence-corrected chi connectivity index (χ4v) is 4.38. The highest BCUT2D eigenvalue weighted by Gasteiger charge is 2.54. The van der Waals surface area contributed by atoms with Gasteiger partial charge in [0.1, 0.15) is 11.4 Å². The van der Waals surface area contributed by atoms with Crippen molar-refractivity contribution in [2.75, 3.05) is 13.1 Å². The van der Waals surface area contributed by atoms with Crippen LogP contribution in [0.1, 0.15) is 57.9 Å². The number of ether oxygens (including phenoxy) is 2. The lowest BCUT2D eigenvalue weighted by Crippen LogP contribution is -2.49. The molecule has 2 heterocycles. The van der Waals surface area contributed by atoms with E-state index in [1.807, 2.05) is 51.1 Å². The predicted octanol–water partition coefficient (Wildman–Crippen LogP) is 4.32. The van der Waals surface area contributed by atoms with Crippen molar-refractivity contribution in [1.82, 2.24) is 4.90 Å². The Labute approximate surface area is 171 Å². The maximum absolute atomic E-state index is 12.9. The number of hydrogen-bond acceptors (Lipinski definition) is 5. The molecule has 1 amide bonds. The van der Waals surface area contributed by atoms with Crippen molar-refractivity contribution in [3.05, 3.63) is 47.2 Å². The number of nitrogens with zero attached hydrogens (tertiary/aromatic N) is 1. The van der Waals surface area contributed by atoms with Crippen LogP contribution in [0.4, 0.5) is 4.79 Å². The Balaban J connectivity index is 1.55. The Kier molecular flexibility index (Phi) is 4.83. The number of amides is 1. The molecule has 1 N–H and O–H groups in total. The van der Waals surface area contributed by atoms with Crippen LogP contribution < -0.4 is 0 Å². The van der Waals surface area contributed by atoms with Gasteiger partial charge in [-0.2, -0.15) is 0 Å². The van der Waals surface area contributed by atoms with Gasteiger partial charge < -0.3 is 19.5 Å². The minimum Gasteiger partial charge on any atom is -0.507 e. The van der Waals surface area contributed by atoms with Gasteiger partial charge in [-0.1, -0.05) is 30.3 Å². The predicted molar refractivity (Wildman–Crippen MR) is 107 cm³/mol. The monoisotopic (exact) mass is 399 g/mol. The number of benzene rings is 1. The lowest BCUT2D eigenvalue weighted by atomic mass is 9.82. The number of carbonyl (C=O) groups excluding carboxylic acids is 2. The van der Waals surface area contributed by atoms with Crippen LogP contribution in [-0.2, 0) is 14.3 Å². The molecule has 4 rings (SSSR count). The largest absolute Gasteiger partial charge is 0.507 e. The van der Waals surface area contributed by atoms with E-state index in [9.17, 15) is 14.7 Å². The third-order valence-corrected chi connectivity index (χ3v) is 5.98. The highest BCUT2D eigenvalue weighted by molar-refractivity contribution is 5.94. The SMILES string of the molecule is CC(C)(C)OC(=O)N1CCC2(CC1)OC(=O)C(C(c1ccccc1)C1CC1)=C2O. The van der Waals surface area contributed by atoms with Gasteiger partial charge in [0.05, 0.1) is 5.57 Å². The summed E-state index contributed by atoms with van der Waals surface area (Å²) < 4.78 is 11.2. The van der Waals surface area contributed by atoms with Crippen LogP contribution in [-0.4, -0.2) is 46.4 Å². The molecule has 0 aromatic heterocycles. The second-order valence-electron chi connectivity index (χ2n) is 9.34. The van der Waals surface area contributed by atoms with Crippen molar-refractivity contribution in [2.24, 2.45) is 5.92 Å². The van der Waals surface area contributed by atoms with Gasteiger partial charge in [0, 0.05) is 31.8 Å². The van der Waals surface area contributed by atoms with Crippen LogP contribution >= 0.6 is 0 Å². The molecule has 3 aliphatic rings. The van der Waals surface area contributed by atoms with Gasteiger partial charge in [-0.15, -0.1) is 0 Å². The van der Waals surface area contributed by atoms with E-state index in [0.717, 1.165) is 18.4 Å². The maximum atomic E-state index is 12.9. The van der Waals surface area contributed by atoms with E-state index in [2.05, 4.69) is 0 Å². The molecule has 1 spiro atoms. The van der Waals surface area contributed by atoms with Crippen molar-refractivity contribution >= 4 is 12.1 Å². The number of esters is 1. The van der Waals surface area contributed by atoms with Crippen LogP contribution in [0.5, 0.6) is 0 Å². The molecule has 1 aliphatic carbocycles. The van der Waals surface area contributed by atoms with E-state index in [0.29, 0.717) is 37.4 Å². The van der Waals surface area contributed by atoms with Gasteiger partial charge in [-0.25, -0.2) is 9.59 Å². The van der Waals surface area contributed by atoms with Gasteiger partial charge in [0.15, 0.2) is 5.60 Å². The summed E-state index contributed by atoms with van der Waals surface area (Å²) in [6, 6.07) is 9.87. The maximum Gasteiger partial charge on any atom is 0.410 e. The average molecular weight is 399 g/mol. The van der Waals surface area contributed by atoms with E-state index in [4.69, 9.17) is 9.47 Å². The third kappa shape index (κ3) is 3.85. The molecule has 2 aliphatic heterocycles. The smallest absolute Gasteiger partial charge is 0.410 e. The van der Waals surface area contributed by atoms with E-state index in [1.165, 1.54) is 0 Å². The van der Waals surface area contributed by atoms with Crippen LogP contribution in [0.15, 0.2) is 41.7 Å². The first-order valence-corrected chi connectivity index (χ1v) is 10.4. The van der Waals surface area contributed by atoms with Crippen molar-refractivity contribution < 1.29 is 24.2 Å². The summed E-state index contributed by atoms with van der Waals surface area (Å²) in [5, 5.41) is 11.2. The molecule has 0 bridgehead atoms. The molecule has 1 unspecified atom stereocenters. The fraction of sp³-hybridized carbons (Fsp3) is 0.565. The standard InChI is InChI=1S/C23H29NO5/c1-22(2,3)29-21(27)24-13-11-23(12-14-24)19(25)18(20(26)28-23)17(16-9-10-16)15-7-5-4-6-8-15/h4-8,16-17,25H,9-14H2,1-3H3. The zero-order valence-electron chi connectivity index (χ0n) is 17.3. The summed E-state index contributed by atoms with van der Waals surface area (Å²) >= 11 is 0. The first kappa shape index (κ1) is 19.8. The number of likely N-dealkylation sites (tertiary alicyclic amines) is 1. The zero-order valence-corrected chi connectivity index (χ0v) is 17.3. The van der Waals surface area contributed by atoms with Gasteiger partial charge in [-0.3, -0.25) is 0 Å². The third-order valence-electron chi connectivity index (χ3n) is 5.98.